The molecule has 57 valence electrons. The molecule has 2 heterocycles. The van der Waals surface area contributed by atoms with Gasteiger partial charge in [-0.05, 0) is 18.6 Å². The van der Waals surface area contributed by atoms with Crippen LogP contribution in [0.5, 0.6) is 0 Å². The van der Waals surface area contributed by atoms with Gasteiger partial charge in [0.2, 0.25) is 0 Å². The quantitative estimate of drug-likeness (QED) is 0.597. The van der Waals surface area contributed by atoms with Crippen LogP contribution in [0.1, 0.15) is 5.56 Å². The fourth-order valence-corrected chi connectivity index (χ4v) is 1.09. The summed E-state index contributed by atoms with van der Waals surface area (Å²) in [6.07, 6.45) is 4.15. The molecule has 0 bridgehead atoms. The second kappa shape index (κ2) is 2.53. The summed E-state index contributed by atoms with van der Waals surface area (Å²) in [5, 5.41) is 0. The Morgan fingerprint density at radius 3 is 2.64 bits per heavy atom. The van der Waals surface area contributed by atoms with Crippen LogP contribution in [0.15, 0.2) is 18.3 Å². The molecule has 2 nitrogen and oxygen atoms in total. The van der Waals surface area contributed by atoms with E-state index < -0.39 is 0 Å². The number of hydrogen-bond acceptors (Lipinski definition) is 2. The van der Waals surface area contributed by atoms with Gasteiger partial charge in [0.1, 0.15) is 5.82 Å². The molecule has 1 radical (unpaired) electrons. The van der Waals surface area contributed by atoms with Crippen molar-refractivity contribution in [2.75, 3.05) is 18.0 Å². The zero-order valence-electron chi connectivity index (χ0n) is 6.62. The van der Waals surface area contributed by atoms with Gasteiger partial charge in [-0.15, -0.1) is 0 Å². The summed E-state index contributed by atoms with van der Waals surface area (Å²) in [6.45, 7) is 4.16. The molecule has 0 atom stereocenters. The van der Waals surface area contributed by atoms with Crippen LogP contribution in [0.4, 0.5) is 5.82 Å². The fraction of sp³-hybridized carbons (Fsp3) is 0.333. The number of rotatable bonds is 1. The lowest BCUT2D eigenvalue weighted by atomic mass is 10.2. The lowest BCUT2D eigenvalue weighted by Gasteiger charge is -2.31. The Morgan fingerprint density at radius 2 is 2.18 bits per heavy atom. The number of nitrogens with zero attached hydrogens (tertiary/aromatic N) is 2. The Bertz CT molecular complexity index is 236. The highest BCUT2D eigenvalue weighted by atomic mass is 15.2. The van der Waals surface area contributed by atoms with Gasteiger partial charge in [0.15, 0.2) is 0 Å². The highest BCUT2D eigenvalue weighted by molar-refractivity contribution is 5.43. The molecule has 0 unspecified atom stereocenters. The Morgan fingerprint density at radius 1 is 1.36 bits per heavy atom. The van der Waals surface area contributed by atoms with Crippen LogP contribution in [0.25, 0.3) is 0 Å². The Balaban J connectivity index is 2.18. The molecule has 1 saturated heterocycles. The molecule has 2 heteroatoms. The molecule has 2 rings (SSSR count). The van der Waals surface area contributed by atoms with Gasteiger partial charge in [-0.25, -0.2) is 4.98 Å². The van der Waals surface area contributed by atoms with E-state index in [2.05, 4.69) is 35.4 Å². The molecule has 0 saturated carbocycles. The van der Waals surface area contributed by atoms with Gasteiger partial charge >= 0.3 is 0 Å². The lowest BCUT2D eigenvalue weighted by molar-refractivity contribution is 0.749. The fourth-order valence-electron chi connectivity index (χ4n) is 1.09. The van der Waals surface area contributed by atoms with Gasteiger partial charge in [0.05, 0.1) is 0 Å². The number of pyridine rings is 1. The summed E-state index contributed by atoms with van der Waals surface area (Å²) in [5.41, 5.74) is 1.22. The largest absolute Gasteiger partial charge is 0.356 e. The van der Waals surface area contributed by atoms with Crippen molar-refractivity contribution in [3.8, 4) is 0 Å². The van der Waals surface area contributed by atoms with Gasteiger partial charge in [0.25, 0.3) is 0 Å². The minimum Gasteiger partial charge on any atom is -0.356 e. The van der Waals surface area contributed by atoms with Crippen molar-refractivity contribution in [3.63, 3.8) is 0 Å². The van der Waals surface area contributed by atoms with Crippen LogP contribution in [-0.4, -0.2) is 18.1 Å². The molecule has 1 aliphatic heterocycles. The SMILES string of the molecule is Cc1ccc(N2C[CH]C2)nc1. The van der Waals surface area contributed by atoms with E-state index in [1.54, 1.807) is 0 Å². The Hall–Kier alpha value is -1.05. The second-order valence-electron chi connectivity index (χ2n) is 2.89. The molecule has 1 aromatic rings. The van der Waals surface area contributed by atoms with Crippen LogP contribution in [0, 0.1) is 13.3 Å². The molecule has 1 aliphatic rings. The maximum absolute atomic E-state index is 4.31. The smallest absolute Gasteiger partial charge is 0.128 e. The monoisotopic (exact) mass is 147 g/mol. The van der Waals surface area contributed by atoms with Crippen molar-refractivity contribution < 1.29 is 0 Å². The van der Waals surface area contributed by atoms with Crippen LogP contribution in [0.3, 0.4) is 0 Å². The average Bonchev–Trinajstić information content (AvgIpc) is 1.90. The minimum absolute atomic E-state index is 1.05. The van der Waals surface area contributed by atoms with Crippen LogP contribution in [-0.2, 0) is 0 Å². The summed E-state index contributed by atoms with van der Waals surface area (Å²) >= 11 is 0. The zero-order chi connectivity index (χ0) is 7.68. The second-order valence-corrected chi connectivity index (χ2v) is 2.89. The lowest BCUT2D eigenvalue weighted by Crippen LogP contribution is -2.38. The third-order valence-electron chi connectivity index (χ3n) is 1.92. The van der Waals surface area contributed by atoms with Crippen molar-refractivity contribution in [2.24, 2.45) is 0 Å². The van der Waals surface area contributed by atoms with Crippen molar-refractivity contribution in [1.29, 1.82) is 0 Å². The molecule has 0 aromatic carbocycles. The van der Waals surface area contributed by atoms with Crippen molar-refractivity contribution in [1.82, 2.24) is 4.98 Å². The molecule has 0 spiro atoms. The van der Waals surface area contributed by atoms with Crippen LogP contribution < -0.4 is 4.90 Å². The van der Waals surface area contributed by atoms with Gasteiger partial charge in [0, 0.05) is 25.7 Å². The summed E-state index contributed by atoms with van der Waals surface area (Å²) < 4.78 is 0. The maximum atomic E-state index is 4.31. The third kappa shape index (κ3) is 1.20. The molecule has 1 fully saturated rings. The van der Waals surface area contributed by atoms with Gasteiger partial charge in [-0.1, -0.05) is 6.07 Å². The number of aryl methyl sites for hydroxylation is 1. The summed E-state index contributed by atoms with van der Waals surface area (Å²) in [6, 6.07) is 4.17. The number of hydrogen-bond donors (Lipinski definition) is 0. The Labute approximate surface area is 66.9 Å². The van der Waals surface area contributed by atoms with Crippen molar-refractivity contribution in [3.05, 3.63) is 30.3 Å². The normalized spacial score (nSPS) is 16.3. The van der Waals surface area contributed by atoms with E-state index in [0.717, 1.165) is 18.9 Å². The highest BCUT2D eigenvalue weighted by Gasteiger charge is 2.14. The van der Waals surface area contributed by atoms with Crippen molar-refractivity contribution in [2.45, 2.75) is 6.92 Å². The van der Waals surface area contributed by atoms with E-state index >= 15 is 0 Å². The first-order valence-corrected chi connectivity index (χ1v) is 3.85. The minimum atomic E-state index is 1.05. The van der Waals surface area contributed by atoms with Crippen LogP contribution >= 0.6 is 0 Å². The standard InChI is InChI=1S/C9H11N2/c1-8-3-4-9(10-7-8)11-5-2-6-11/h2-4,7H,5-6H2,1H3. The topological polar surface area (TPSA) is 16.1 Å². The highest BCUT2D eigenvalue weighted by Crippen LogP contribution is 2.16. The van der Waals surface area contributed by atoms with Crippen LogP contribution in [0.2, 0.25) is 0 Å². The van der Waals surface area contributed by atoms with Gasteiger partial charge in [-0.2, -0.15) is 0 Å². The molecule has 0 aliphatic carbocycles. The summed E-state index contributed by atoms with van der Waals surface area (Å²) in [7, 11) is 0. The summed E-state index contributed by atoms with van der Waals surface area (Å²) in [4.78, 5) is 6.54. The van der Waals surface area contributed by atoms with E-state index in [1.807, 2.05) is 6.20 Å². The molecule has 0 amide bonds. The van der Waals surface area contributed by atoms with E-state index in [0.29, 0.717) is 0 Å². The van der Waals surface area contributed by atoms with E-state index in [4.69, 9.17) is 0 Å². The van der Waals surface area contributed by atoms with Gasteiger partial charge < -0.3 is 4.90 Å². The molecule has 1 aromatic heterocycles. The molecular weight excluding hydrogens is 136 g/mol. The predicted octanol–water partition coefficient (Wildman–Crippen LogP) is 1.41. The molecular formula is C9H11N2. The molecule has 0 N–H and O–H groups in total. The van der Waals surface area contributed by atoms with E-state index in [-0.39, 0.29) is 0 Å². The first-order chi connectivity index (χ1) is 5.36. The number of anilines is 1. The Kier molecular flexibility index (Phi) is 1.53. The average molecular weight is 147 g/mol. The van der Waals surface area contributed by atoms with E-state index in [9.17, 15) is 0 Å². The predicted molar refractivity (Wildman–Crippen MR) is 45.5 cm³/mol. The van der Waals surface area contributed by atoms with Crippen molar-refractivity contribution >= 4 is 5.82 Å². The first-order valence-electron chi connectivity index (χ1n) is 3.85. The van der Waals surface area contributed by atoms with Gasteiger partial charge in [-0.3, -0.25) is 0 Å². The maximum Gasteiger partial charge on any atom is 0.128 e. The third-order valence-corrected chi connectivity index (χ3v) is 1.92. The summed E-state index contributed by atoms with van der Waals surface area (Å²) in [5.74, 6) is 1.10. The van der Waals surface area contributed by atoms with E-state index in [1.165, 1.54) is 5.56 Å². The zero-order valence-corrected chi connectivity index (χ0v) is 6.62. The molecule has 11 heavy (non-hydrogen) atoms. The first kappa shape index (κ1) is 6.65. The number of aromatic nitrogens is 1.